The summed E-state index contributed by atoms with van der Waals surface area (Å²) in [7, 11) is 1.30. The first-order valence-corrected chi connectivity index (χ1v) is 9.27. The van der Waals surface area contributed by atoms with Gasteiger partial charge in [-0.25, -0.2) is 0 Å². The molecule has 1 aliphatic carbocycles. The number of halogens is 3. The number of alkyl halides is 3. The molecule has 0 radical (unpaired) electrons. The molecule has 160 valence electrons. The summed E-state index contributed by atoms with van der Waals surface area (Å²) in [4.78, 5) is 24.3. The van der Waals surface area contributed by atoms with Crippen molar-refractivity contribution in [3.63, 3.8) is 0 Å². The van der Waals surface area contributed by atoms with Gasteiger partial charge in [-0.15, -0.1) is 0 Å². The second-order valence-electron chi connectivity index (χ2n) is 7.07. The molecule has 0 saturated carbocycles. The maximum absolute atomic E-state index is 13.0. The number of hydroxylamine groups is 2. The van der Waals surface area contributed by atoms with E-state index in [9.17, 15) is 28.0 Å². The third-order valence-electron chi connectivity index (χ3n) is 5.00. The van der Waals surface area contributed by atoms with Crippen LogP contribution in [0.5, 0.6) is 0 Å². The summed E-state index contributed by atoms with van der Waals surface area (Å²) < 4.78 is 39.1. The third-order valence-corrected chi connectivity index (χ3v) is 5.00. The van der Waals surface area contributed by atoms with Crippen molar-refractivity contribution in [2.75, 3.05) is 12.4 Å². The summed E-state index contributed by atoms with van der Waals surface area (Å²) in [5.74, 6) is -0.304. The summed E-state index contributed by atoms with van der Waals surface area (Å²) in [6.07, 6.45) is -3.66. The van der Waals surface area contributed by atoms with E-state index in [-0.39, 0.29) is 41.0 Å². The highest BCUT2D eigenvalue weighted by atomic mass is 19.4. The second kappa shape index (κ2) is 8.71. The number of carbonyl (C=O) groups is 2. The molecule has 0 fully saturated rings. The third kappa shape index (κ3) is 4.66. The Bertz CT molecular complexity index is 1100. The number of hydrogen-bond acceptors (Lipinski definition) is 6. The number of nitriles is 1. The van der Waals surface area contributed by atoms with Crippen molar-refractivity contribution in [1.29, 1.82) is 5.26 Å². The zero-order chi connectivity index (χ0) is 22.8. The minimum absolute atomic E-state index is 0.105. The van der Waals surface area contributed by atoms with Gasteiger partial charge in [0.1, 0.15) is 6.29 Å². The highest BCUT2D eigenvalue weighted by Crippen LogP contribution is 2.38. The Kier molecular flexibility index (Phi) is 6.24. The Morgan fingerprint density at radius 3 is 2.58 bits per heavy atom. The van der Waals surface area contributed by atoms with E-state index in [1.54, 1.807) is 0 Å². The van der Waals surface area contributed by atoms with Gasteiger partial charge in [0.2, 0.25) is 0 Å². The molecule has 0 bridgehead atoms. The number of ketones is 1. The fourth-order valence-electron chi connectivity index (χ4n) is 3.61. The predicted molar refractivity (Wildman–Crippen MR) is 105 cm³/mol. The van der Waals surface area contributed by atoms with Gasteiger partial charge in [-0.2, -0.15) is 23.5 Å². The van der Waals surface area contributed by atoms with E-state index in [1.165, 1.54) is 37.4 Å². The molecular formula is C22H18F3N3O3. The molecule has 6 nitrogen and oxygen atoms in total. The first-order valence-electron chi connectivity index (χ1n) is 9.27. The van der Waals surface area contributed by atoms with Gasteiger partial charge in [-0.1, -0.05) is 12.1 Å². The molecule has 3 rings (SSSR count). The molecule has 1 atom stereocenters. The van der Waals surface area contributed by atoms with Crippen molar-refractivity contribution >= 4 is 17.8 Å². The van der Waals surface area contributed by atoms with E-state index in [2.05, 4.69) is 5.32 Å². The van der Waals surface area contributed by atoms with Crippen LogP contribution < -0.4 is 5.32 Å². The molecule has 9 heteroatoms. The molecule has 0 aromatic heterocycles. The Labute approximate surface area is 176 Å². The van der Waals surface area contributed by atoms with E-state index >= 15 is 0 Å². The van der Waals surface area contributed by atoms with E-state index in [0.29, 0.717) is 17.5 Å². The van der Waals surface area contributed by atoms with Crippen LogP contribution in [0.3, 0.4) is 0 Å². The maximum atomic E-state index is 13.0. The number of carbonyl (C=O) groups excluding carboxylic acids is 2. The summed E-state index contributed by atoms with van der Waals surface area (Å²) in [6, 6.07) is 9.72. The Morgan fingerprint density at radius 1 is 1.23 bits per heavy atom. The summed E-state index contributed by atoms with van der Waals surface area (Å²) in [5.41, 5.74) is 0.469. The molecule has 0 heterocycles. The van der Waals surface area contributed by atoms with Crippen LogP contribution in [0.2, 0.25) is 0 Å². The lowest BCUT2D eigenvalue weighted by atomic mass is 9.91. The number of anilines is 1. The Morgan fingerprint density at radius 2 is 1.97 bits per heavy atom. The highest BCUT2D eigenvalue weighted by Gasteiger charge is 2.35. The summed E-state index contributed by atoms with van der Waals surface area (Å²) >= 11 is 0. The predicted octanol–water partition coefficient (Wildman–Crippen LogP) is 4.48. The van der Waals surface area contributed by atoms with E-state index in [0.717, 1.165) is 17.2 Å². The van der Waals surface area contributed by atoms with Crippen LogP contribution in [0.1, 0.15) is 45.9 Å². The quantitative estimate of drug-likeness (QED) is 0.520. The fourth-order valence-corrected chi connectivity index (χ4v) is 3.61. The lowest BCUT2D eigenvalue weighted by Crippen LogP contribution is -2.27. The number of nitrogens with one attached hydrogen (secondary N) is 1. The van der Waals surface area contributed by atoms with Crippen molar-refractivity contribution in [3.05, 3.63) is 76.0 Å². The van der Waals surface area contributed by atoms with Gasteiger partial charge in [-0.3, -0.25) is 9.59 Å². The summed E-state index contributed by atoms with van der Waals surface area (Å²) in [5, 5.41) is 23.0. The Hall–Kier alpha value is -3.48. The molecule has 1 aliphatic rings. The van der Waals surface area contributed by atoms with Gasteiger partial charge >= 0.3 is 6.18 Å². The van der Waals surface area contributed by atoms with Gasteiger partial charge in [0, 0.05) is 36.0 Å². The molecule has 31 heavy (non-hydrogen) atoms. The van der Waals surface area contributed by atoms with Crippen molar-refractivity contribution in [1.82, 2.24) is 5.06 Å². The highest BCUT2D eigenvalue weighted by molar-refractivity contribution is 6.01. The molecule has 2 N–H and O–H groups in total. The van der Waals surface area contributed by atoms with E-state index < -0.39 is 17.8 Å². The first-order chi connectivity index (χ1) is 14.7. The van der Waals surface area contributed by atoms with Gasteiger partial charge in [0.25, 0.3) is 0 Å². The van der Waals surface area contributed by atoms with Crippen LogP contribution in [0.4, 0.5) is 18.9 Å². The first kappa shape index (κ1) is 22.2. The van der Waals surface area contributed by atoms with E-state index in [1.807, 2.05) is 6.07 Å². The molecular weight excluding hydrogens is 411 g/mol. The minimum atomic E-state index is -4.52. The molecule has 0 saturated heterocycles. The number of likely N-dealkylation sites (N-methyl/N-ethyl adjacent to an activating group) is 1. The summed E-state index contributed by atoms with van der Waals surface area (Å²) in [6.45, 7) is 0. The zero-order valence-corrected chi connectivity index (χ0v) is 16.4. The largest absolute Gasteiger partial charge is 0.416 e. The number of hydrogen-bond donors (Lipinski definition) is 2. The average molecular weight is 429 g/mol. The van der Waals surface area contributed by atoms with Gasteiger partial charge < -0.3 is 10.5 Å². The van der Waals surface area contributed by atoms with Crippen LogP contribution in [0.15, 0.2) is 53.7 Å². The molecule has 0 aliphatic heterocycles. The van der Waals surface area contributed by atoms with Crippen LogP contribution in [0.25, 0.3) is 0 Å². The van der Waals surface area contributed by atoms with Crippen molar-refractivity contribution in [2.24, 2.45) is 0 Å². The average Bonchev–Trinajstić information content (AvgIpc) is 3.07. The lowest BCUT2D eigenvalue weighted by Gasteiger charge is -2.26. The molecule has 0 spiro atoms. The molecule has 2 aromatic carbocycles. The van der Waals surface area contributed by atoms with E-state index in [4.69, 9.17) is 5.26 Å². The Balaban J connectivity index is 2.08. The number of allylic oxidation sites excluding steroid dienone is 1. The van der Waals surface area contributed by atoms with Crippen molar-refractivity contribution in [3.8, 4) is 6.07 Å². The van der Waals surface area contributed by atoms with Crippen LogP contribution in [-0.2, 0) is 11.0 Å². The smallest absolute Gasteiger partial charge is 0.358 e. The van der Waals surface area contributed by atoms with Gasteiger partial charge in [0.15, 0.2) is 5.78 Å². The normalized spacial score (nSPS) is 15.2. The molecule has 2 aromatic rings. The lowest BCUT2D eigenvalue weighted by molar-refractivity contribution is -0.137. The monoisotopic (exact) mass is 429 g/mol. The number of benzene rings is 2. The SMILES string of the molecule is CN(O)C(C1=C(Nc2cccc(C(F)(F)F)c2)CCC1=O)c1ccc(C#N)cc1C=O. The number of nitrogens with zero attached hydrogens (tertiary/aromatic N) is 2. The van der Waals surface area contributed by atoms with Crippen LogP contribution in [0, 0.1) is 11.3 Å². The van der Waals surface area contributed by atoms with Crippen LogP contribution in [-0.4, -0.2) is 29.4 Å². The minimum Gasteiger partial charge on any atom is -0.358 e. The topological polar surface area (TPSA) is 93.4 Å². The standard InChI is InChI=1S/C22H18F3N3O3/c1-28(31)21(17-6-5-13(11-26)9-14(17)12-29)20-18(7-8-19(20)30)27-16-4-2-3-15(10-16)22(23,24)25/h2-6,9-10,12,21,27,31H,7-8H2,1H3. The van der Waals surface area contributed by atoms with Crippen molar-refractivity contribution in [2.45, 2.75) is 25.1 Å². The van der Waals surface area contributed by atoms with Gasteiger partial charge in [-0.05, 0) is 42.3 Å². The molecule has 0 amide bonds. The number of aldehydes is 1. The number of rotatable bonds is 6. The van der Waals surface area contributed by atoms with Gasteiger partial charge in [0.05, 0.1) is 23.2 Å². The van der Waals surface area contributed by atoms with Crippen molar-refractivity contribution < 1.29 is 28.0 Å². The maximum Gasteiger partial charge on any atom is 0.416 e. The fraction of sp³-hybridized carbons (Fsp3) is 0.227. The second-order valence-corrected chi connectivity index (χ2v) is 7.07. The van der Waals surface area contributed by atoms with Crippen LogP contribution >= 0.6 is 0 Å². The molecule has 1 unspecified atom stereocenters. The zero-order valence-electron chi connectivity index (χ0n) is 16.4. The number of Topliss-reactive ketones (excluding diaryl/α,β-unsaturated/α-hetero) is 1.